The standard InChI is InChI=1S/C23H26N2O3/c1-16-11-13-25(14-12-16)23(27)19-15-18(19)22(26)24-20-9-5-6-10-21(20)28-17-7-3-2-4-8-17/h2-10,16,18-19H,11-15H2,1H3,(H,24,26). The molecule has 1 aliphatic heterocycles. The number of hydrogen-bond donors (Lipinski definition) is 1. The maximum absolute atomic E-state index is 12.7. The van der Waals surface area contributed by atoms with Gasteiger partial charge in [0.05, 0.1) is 17.5 Å². The highest BCUT2D eigenvalue weighted by atomic mass is 16.5. The van der Waals surface area contributed by atoms with Gasteiger partial charge in [-0.05, 0) is 49.4 Å². The van der Waals surface area contributed by atoms with Gasteiger partial charge in [0.15, 0.2) is 5.75 Å². The molecule has 0 radical (unpaired) electrons. The summed E-state index contributed by atoms with van der Waals surface area (Å²) in [6, 6.07) is 16.8. The van der Waals surface area contributed by atoms with Gasteiger partial charge in [0.25, 0.3) is 0 Å². The minimum absolute atomic E-state index is 0.104. The fraction of sp³-hybridized carbons (Fsp3) is 0.391. The van der Waals surface area contributed by atoms with Crippen LogP contribution in [-0.4, -0.2) is 29.8 Å². The summed E-state index contributed by atoms with van der Waals surface area (Å²) in [4.78, 5) is 27.3. The topological polar surface area (TPSA) is 58.6 Å². The van der Waals surface area contributed by atoms with Crippen LogP contribution in [0.25, 0.3) is 0 Å². The second-order valence-electron chi connectivity index (χ2n) is 7.86. The van der Waals surface area contributed by atoms with Crippen molar-refractivity contribution in [2.24, 2.45) is 17.8 Å². The molecule has 0 bridgehead atoms. The van der Waals surface area contributed by atoms with Crippen molar-refractivity contribution in [3.63, 3.8) is 0 Å². The normalized spacial score (nSPS) is 21.8. The number of rotatable bonds is 5. The van der Waals surface area contributed by atoms with Crippen LogP contribution in [0, 0.1) is 17.8 Å². The fourth-order valence-electron chi connectivity index (χ4n) is 3.72. The summed E-state index contributed by atoms with van der Waals surface area (Å²) in [5.41, 5.74) is 0.626. The Balaban J connectivity index is 1.37. The van der Waals surface area contributed by atoms with Gasteiger partial charge in [-0.25, -0.2) is 0 Å². The lowest BCUT2D eigenvalue weighted by atomic mass is 9.99. The highest BCUT2D eigenvalue weighted by Gasteiger charge is 2.49. The second kappa shape index (κ2) is 8.05. The zero-order valence-electron chi connectivity index (χ0n) is 16.1. The van der Waals surface area contributed by atoms with E-state index in [1.165, 1.54) is 0 Å². The van der Waals surface area contributed by atoms with Gasteiger partial charge in [-0.3, -0.25) is 9.59 Å². The molecule has 1 heterocycles. The molecule has 1 saturated heterocycles. The summed E-state index contributed by atoms with van der Waals surface area (Å²) >= 11 is 0. The highest BCUT2D eigenvalue weighted by molar-refractivity contribution is 6.00. The van der Waals surface area contributed by atoms with Crippen LogP contribution in [0.1, 0.15) is 26.2 Å². The number of nitrogens with zero attached hydrogens (tertiary/aromatic N) is 1. The Bertz CT molecular complexity index is 844. The van der Waals surface area contributed by atoms with Crippen LogP contribution in [0.3, 0.4) is 0 Å². The van der Waals surface area contributed by atoms with Crippen molar-refractivity contribution in [3.8, 4) is 11.5 Å². The lowest BCUT2D eigenvalue weighted by molar-refractivity contribution is -0.135. The summed E-state index contributed by atoms with van der Waals surface area (Å²) in [7, 11) is 0. The van der Waals surface area contributed by atoms with Crippen molar-refractivity contribution < 1.29 is 14.3 Å². The molecule has 146 valence electrons. The van der Waals surface area contributed by atoms with E-state index in [4.69, 9.17) is 4.74 Å². The quantitative estimate of drug-likeness (QED) is 0.843. The number of ether oxygens (including phenoxy) is 1. The highest BCUT2D eigenvalue weighted by Crippen LogP contribution is 2.42. The molecule has 0 aromatic heterocycles. The number of likely N-dealkylation sites (tertiary alicyclic amines) is 1. The van der Waals surface area contributed by atoms with Crippen molar-refractivity contribution in [1.29, 1.82) is 0 Å². The molecule has 2 atom stereocenters. The molecule has 2 aromatic carbocycles. The average Bonchev–Trinajstić information content (AvgIpc) is 3.51. The predicted octanol–water partition coefficient (Wildman–Crippen LogP) is 4.31. The molecule has 5 nitrogen and oxygen atoms in total. The Labute approximate surface area is 165 Å². The van der Waals surface area contributed by atoms with Crippen LogP contribution in [0.4, 0.5) is 5.69 Å². The van der Waals surface area contributed by atoms with Gasteiger partial charge in [-0.1, -0.05) is 37.3 Å². The van der Waals surface area contributed by atoms with Crippen molar-refractivity contribution in [2.75, 3.05) is 18.4 Å². The molecule has 2 fully saturated rings. The Hall–Kier alpha value is -2.82. The molecule has 1 N–H and O–H groups in total. The van der Waals surface area contributed by atoms with Gasteiger partial charge < -0.3 is 15.0 Å². The van der Waals surface area contributed by atoms with Crippen LogP contribution >= 0.6 is 0 Å². The van der Waals surface area contributed by atoms with Crippen LogP contribution in [0.15, 0.2) is 54.6 Å². The number of nitrogens with one attached hydrogen (secondary N) is 1. The van der Waals surface area contributed by atoms with E-state index in [0.29, 0.717) is 29.5 Å². The molecule has 2 unspecified atom stereocenters. The average molecular weight is 378 g/mol. The Morgan fingerprint density at radius 3 is 2.39 bits per heavy atom. The van der Waals surface area contributed by atoms with Gasteiger partial charge in [0, 0.05) is 13.1 Å². The molecule has 4 rings (SSSR count). The van der Waals surface area contributed by atoms with E-state index in [1.807, 2.05) is 59.5 Å². The lowest BCUT2D eigenvalue weighted by Crippen LogP contribution is -2.39. The van der Waals surface area contributed by atoms with E-state index in [-0.39, 0.29) is 23.7 Å². The van der Waals surface area contributed by atoms with Crippen LogP contribution < -0.4 is 10.1 Å². The van der Waals surface area contributed by atoms with Crippen molar-refractivity contribution in [3.05, 3.63) is 54.6 Å². The van der Waals surface area contributed by atoms with Gasteiger partial charge >= 0.3 is 0 Å². The second-order valence-corrected chi connectivity index (χ2v) is 7.86. The van der Waals surface area contributed by atoms with E-state index in [0.717, 1.165) is 25.9 Å². The molecular formula is C23H26N2O3. The summed E-state index contributed by atoms with van der Waals surface area (Å²) in [5.74, 6) is 1.61. The molecule has 2 amide bonds. The van der Waals surface area contributed by atoms with E-state index >= 15 is 0 Å². The largest absolute Gasteiger partial charge is 0.455 e. The molecule has 2 aliphatic rings. The Kier molecular flexibility index (Phi) is 5.33. The molecule has 5 heteroatoms. The molecule has 28 heavy (non-hydrogen) atoms. The number of amides is 2. The maximum Gasteiger partial charge on any atom is 0.228 e. The van der Waals surface area contributed by atoms with E-state index in [2.05, 4.69) is 12.2 Å². The summed E-state index contributed by atoms with van der Waals surface area (Å²) < 4.78 is 5.90. The van der Waals surface area contributed by atoms with Gasteiger partial charge in [0.1, 0.15) is 5.75 Å². The Morgan fingerprint density at radius 1 is 0.964 bits per heavy atom. The number of para-hydroxylation sites is 3. The first-order valence-electron chi connectivity index (χ1n) is 10.0. The molecule has 2 aromatic rings. The first kappa shape index (κ1) is 18.5. The van der Waals surface area contributed by atoms with Gasteiger partial charge in [0.2, 0.25) is 11.8 Å². The number of benzene rings is 2. The first-order chi connectivity index (χ1) is 13.6. The Morgan fingerprint density at radius 2 is 1.64 bits per heavy atom. The molecule has 1 aliphatic carbocycles. The van der Waals surface area contributed by atoms with Gasteiger partial charge in [-0.15, -0.1) is 0 Å². The SMILES string of the molecule is CC1CCN(C(=O)C2CC2C(=O)Nc2ccccc2Oc2ccccc2)CC1. The fourth-order valence-corrected chi connectivity index (χ4v) is 3.72. The van der Waals surface area contributed by atoms with Crippen molar-refractivity contribution >= 4 is 17.5 Å². The lowest BCUT2D eigenvalue weighted by Gasteiger charge is -2.30. The number of hydrogen-bond acceptors (Lipinski definition) is 3. The third kappa shape index (κ3) is 4.19. The number of piperidine rings is 1. The van der Waals surface area contributed by atoms with E-state index in [1.54, 1.807) is 0 Å². The van der Waals surface area contributed by atoms with Crippen LogP contribution in [0.5, 0.6) is 11.5 Å². The molecular weight excluding hydrogens is 352 g/mol. The maximum atomic E-state index is 12.7. The third-order valence-electron chi connectivity index (χ3n) is 5.66. The third-order valence-corrected chi connectivity index (χ3v) is 5.66. The smallest absolute Gasteiger partial charge is 0.228 e. The van der Waals surface area contributed by atoms with Crippen molar-refractivity contribution in [1.82, 2.24) is 4.90 Å². The monoisotopic (exact) mass is 378 g/mol. The minimum atomic E-state index is -0.239. The predicted molar refractivity (Wildman–Crippen MR) is 108 cm³/mol. The van der Waals surface area contributed by atoms with E-state index < -0.39 is 0 Å². The zero-order valence-corrected chi connectivity index (χ0v) is 16.1. The number of anilines is 1. The van der Waals surface area contributed by atoms with Gasteiger partial charge in [-0.2, -0.15) is 0 Å². The summed E-state index contributed by atoms with van der Waals surface area (Å²) in [6.07, 6.45) is 2.75. The van der Waals surface area contributed by atoms with Crippen LogP contribution in [0.2, 0.25) is 0 Å². The molecule has 1 saturated carbocycles. The first-order valence-corrected chi connectivity index (χ1v) is 10.0. The van der Waals surface area contributed by atoms with Crippen LogP contribution in [-0.2, 0) is 9.59 Å². The summed E-state index contributed by atoms with van der Waals surface area (Å²) in [6.45, 7) is 3.86. The van der Waals surface area contributed by atoms with E-state index in [9.17, 15) is 9.59 Å². The number of carbonyl (C=O) groups is 2. The zero-order chi connectivity index (χ0) is 19.5. The number of carbonyl (C=O) groups excluding carboxylic acids is 2. The van der Waals surface area contributed by atoms with Crippen molar-refractivity contribution in [2.45, 2.75) is 26.2 Å². The molecule has 0 spiro atoms. The summed E-state index contributed by atoms with van der Waals surface area (Å²) in [5, 5.41) is 2.95. The minimum Gasteiger partial charge on any atom is -0.455 e.